The molecule has 2 fully saturated rings. The maximum absolute atomic E-state index is 13.1. The average molecular weight is 571 g/mol. The van der Waals surface area contributed by atoms with Gasteiger partial charge in [0.25, 0.3) is 0 Å². The standard InChI is InChI=1S/C30H23ClF3NO5/c31-25-13-19(11-12-20(25)23-14-22(23)16-5-9-18(10-6-16)29(36)37)38-15-24-27(35-40-28(24)17-7-8-17)21-3-1-2-4-26(21)39-30(32,33)34/h1-6,9-13,17,22-23H,7-8,14-15H2,(H,36,37)/t22-,23-/m1/s1/i15D/t15?,22-,23-. The first kappa shape index (κ1) is 25.0. The van der Waals surface area contributed by atoms with Gasteiger partial charge in [-0.05, 0) is 78.6 Å². The minimum absolute atomic E-state index is 0.0146. The van der Waals surface area contributed by atoms with Crippen molar-refractivity contribution in [3.8, 4) is 22.8 Å². The summed E-state index contributed by atoms with van der Waals surface area (Å²) in [6.07, 6.45) is -2.41. The lowest BCUT2D eigenvalue weighted by Gasteiger charge is -2.13. The third-order valence-electron chi connectivity index (χ3n) is 7.13. The quantitative estimate of drug-likeness (QED) is 0.218. The Morgan fingerprint density at radius 2 is 1.85 bits per heavy atom. The second-order valence-electron chi connectivity index (χ2n) is 9.92. The molecule has 0 amide bonds. The fourth-order valence-corrected chi connectivity index (χ4v) is 5.23. The van der Waals surface area contributed by atoms with Crippen molar-refractivity contribution in [3.05, 3.63) is 99.8 Å². The van der Waals surface area contributed by atoms with Crippen molar-refractivity contribution in [2.75, 3.05) is 0 Å². The molecule has 2 saturated carbocycles. The molecule has 1 N–H and O–H groups in total. The molecule has 4 aromatic rings. The minimum Gasteiger partial charge on any atom is -0.489 e. The Morgan fingerprint density at radius 1 is 1.10 bits per heavy atom. The third kappa shape index (κ3) is 5.51. The highest BCUT2D eigenvalue weighted by Gasteiger charge is 2.41. The van der Waals surface area contributed by atoms with Gasteiger partial charge in [0.2, 0.25) is 0 Å². The monoisotopic (exact) mass is 570 g/mol. The number of halogens is 4. The largest absolute Gasteiger partial charge is 0.573 e. The minimum atomic E-state index is -4.91. The van der Waals surface area contributed by atoms with Crippen LogP contribution in [0.15, 0.2) is 71.3 Å². The fraction of sp³-hybridized carbons (Fsp3) is 0.267. The van der Waals surface area contributed by atoms with Gasteiger partial charge in [0.15, 0.2) is 0 Å². The normalized spacial score (nSPS) is 19.6. The summed E-state index contributed by atoms with van der Waals surface area (Å²) in [6, 6.07) is 17.5. The van der Waals surface area contributed by atoms with Gasteiger partial charge >= 0.3 is 12.3 Å². The number of carboxylic acid groups (broad SMARTS) is 1. The average Bonchev–Trinajstić information content (AvgIpc) is 3.86. The summed E-state index contributed by atoms with van der Waals surface area (Å²) < 4.78 is 63.7. The molecule has 0 bridgehead atoms. The van der Waals surface area contributed by atoms with Gasteiger partial charge in [-0.3, -0.25) is 0 Å². The molecule has 1 heterocycles. The van der Waals surface area contributed by atoms with Crippen LogP contribution in [0.5, 0.6) is 11.5 Å². The Labute approximate surface area is 233 Å². The van der Waals surface area contributed by atoms with Crippen LogP contribution in [-0.2, 0) is 6.58 Å². The van der Waals surface area contributed by atoms with Crippen LogP contribution in [0.4, 0.5) is 13.2 Å². The summed E-state index contributed by atoms with van der Waals surface area (Å²) in [5, 5.41) is 13.6. The summed E-state index contributed by atoms with van der Waals surface area (Å²) in [6.45, 7) is -1.35. The molecular formula is C30H23ClF3NO5. The van der Waals surface area contributed by atoms with E-state index < -0.39 is 24.7 Å². The number of alkyl halides is 3. The molecule has 0 spiro atoms. The Bertz CT molecular complexity index is 1600. The van der Waals surface area contributed by atoms with E-state index in [9.17, 15) is 18.0 Å². The number of aromatic nitrogens is 1. The summed E-state index contributed by atoms with van der Waals surface area (Å²) in [5.74, 6) is -0.304. The molecule has 0 saturated heterocycles. The third-order valence-corrected chi connectivity index (χ3v) is 7.46. The van der Waals surface area contributed by atoms with Gasteiger partial charge in [0, 0.05) is 16.5 Å². The molecule has 0 radical (unpaired) electrons. The van der Waals surface area contributed by atoms with Crippen LogP contribution in [0.25, 0.3) is 11.3 Å². The van der Waals surface area contributed by atoms with Crippen molar-refractivity contribution in [2.45, 2.75) is 50.0 Å². The van der Waals surface area contributed by atoms with E-state index in [1.807, 2.05) is 18.2 Å². The maximum atomic E-state index is 13.1. The number of hydrogen-bond acceptors (Lipinski definition) is 5. The molecule has 2 aliphatic rings. The van der Waals surface area contributed by atoms with Gasteiger partial charge in [0.1, 0.15) is 29.5 Å². The number of hydrogen-bond donors (Lipinski definition) is 1. The maximum Gasteiger partial charge on any atom is 0.573 e. The van der Waals surface area contributed by atoms with E-state index in [4.69, 9.17) is 27.3 Å². The lowest BCUT2D eigenvalue weighted by Crippen LogP contribution is -2.17. The molecule has 6 nitrogen and oxygen atoms in total. The van der Waals surface area contributed by atoms with Crippen molar-refractivity contribution in [3.63, 3.8) is 0 Å². The zero-order valence-electron chi connectivity index (χ0n) is 21.8. The first-order chi connectivity index (χ1) is 19.6. The van der Waals surface area contributed by atoms with Gasteiger partial charge in [-0.15, -0.1) is 13.2 Å². The summed E-state index contributed by atoms with van der Waals surface area (Å²) >= 11 is 6.62. The van der Waals surface area contributed by atoms with Crippen molar-refractivity contribution in [2.24, 2.45) is 0 Å². The molecule has 3 aromatic carbocycles. The van der Waals surface area contributed by atoms with Gasteiger partial charge < -0.3 is 19.1 Å². The number of aromatic carboxylic acids is 1. The van der Waals surface area contributed by atoms with Crippen LogP contribution in [0.1, 0.15) is 71.2 Å². The molecular weight excluding hydrogens is 547 g/mol. The first-order valence-electron chi connectivity index (χ1n) is 13.2. The first-order valence-corrected chi connectivity index (χ1v) is 13.0. The SMILES string of the molecule is [2H]C(Oc1ccc([C@H]2C[C@@H]2c2ccc(C(=O)O)cc2)c(Cl)c1)c1c(-c2ccccc2OC(F)(F)F)noc1C1CC1. The fourth-order valence-electron chi connectivity index (χ4n) is 4.92. The van der Waals surface area contributed by atoms with E-state index in [0.29, 0.717) is 16.5 Å². The number of carboxylic acids is 1. The Balaban J connectivity index is 1.23. The number of nitrogens with zero attached hydrogens (tertiary/aromatic N) is 1. The predicted octanol–water partition coefficient (Wildman–Crippen LogP) is 8.32. The van der Waals surface area contributed by atoms with Crippen LogP contribution >= 0.6 is 11.6 Å². The zero-order chi connectivity index (χ0) is 28.9. The number of benzene rings is 3. The highest BCUT2D eigenvalue weighted by atomic mass is 35.5. The van der Waals surface area contributed by atoms with Gasteiger partial charge in [-0.2, -0.15) is 0 Å². The van der Waals surface area contributed by atoms with Crippen molar-refractivity contribution in [1.82, 2.24) is 5.16 Å². The summed E-state index contributed by atoms with van der Waals surface area (Å²) in [4.78, 5) is 11.1. The van der Waals surface area contributed by atoms with Crippen LogP contribution in [-0.4, -0.2) is 22.6 Å². The van der Waals surface area contributed by atoms with E-state index in [-0.39, 0.29) is 40.1 Å². The Morgan fingerprint density at radius 3 is 2.52 bits per heavy atom. The number of para-hydroxylation sites is 1. The lowest BCUT2D eigenvalue weighted by atomic mass is 10.0. The molecule has 6 rings (SSSR count). The van der Waals surface area contributed by atoms with Gasteiger partial charge in [-0.25, -0.2) is 4.79 Å². The van der Waals surface area contributed by atoms with Crippen molar-refractivity contribution in [1.29, 1.82) is 0 Å². The summed E-state index contributed by atoms with van der Waals surface area (Å²) in [7, 11) is 0. The van der Waals surface area contributed by atoms with Crippen LogP contribution < -0.4 is 9.47 Å². The van der Waals surface area contributed by atoms with E-state index in [1.165, 1.54) is 18.2 Å². The topological polar surface area (TPSA) is 81.8 Å². The smallest absolute Gasteiger partial charge is 0.489 e. The van der Waals surface area contributed by atoms with Crippen LogP contribution in [0, 0.1) is 0 Å². The molecule has 1 unspecified atom stereocenters. The predicted molar refractivity (Wildman–Crippen MR) is 140 cm³/mol. The molecule has 206 valence electrons. The van der Waals surface area contributed by atoms with E-state index >= 15 is 0 Å². The van der Waals surface area contributed by atoms with E-state index in [2.05, 4.69) is 9.89 Å². The molecule has 3 atom stereocenters. The molecule has 1 aromatic heterocycles. The molecule has 10 heteroatoms. The molecule has 40 heavy (non-hydrogen) atoms. The van der Waals surface area contributed by atoms with Crippen molar-refractivity contribution >= 4 is 17.6 Å². The van der Waals surface area contributed by atoms with E-state index in [1.54, 1.807) is 30.3 Å². The van der Waals surface area contributed by atoms with E-state index in [0.717, 1.165) is 30.4 Å². The Kier molecular flexibility index (Phi) is 6.38. The van der Waals surface area contributed by atoms with Crippen LogP contribution in [0.2, 0.25) is 5.02 Å². The highest BCUT2D eigenvalue weighted by Crippen LogP contribution is 2.56. The zero-order valence-corrected chi connectivity index (χ0v) is 21.6. The second-order valence-corrected chi connectivity index (χ2v) is 10.3. The second kappa shape index (κ2) is 10.2. The van der Waals surface area contributed by atoms with Crippen LogP contribution in [0.3, 0.4) is 0 Å². The molecule has 2 aliphatic carbocycles. The summed E-state index contributed by atoms with van der Waals surface area (Å²) in [5.41, 5.74) is 2.52. The number of ether oxygens (including phenoxy) is 2. The number of rotatable bonds is 9. The van der Waals surface area contributed by atoms with Gasteiger partial charge in [0.05, 0.1) is 12.5 Å². The Hall–Kier alpha value is -3.98. The number of carbonyl (C=O) groups is 1. The molecule has 0 aliphatic heterocycles. The lowest BCUT2D eigenvalue weighted by molar-refractivity contribution is -0.274. The van der Waals surface area contributed by atoms with Crippen molar-refractivity contribution < 1.29 is 38.4 Å². The highest BCUT2D eigenvalue weighted by molar-refractivity contribution is 6.31. The van der Waals surface area contributed by atoms with Gasteiger partial charge in [-0.1, -0.05) is 47.1 Å².